The number of nitrogens with zero attached hydrogens (tertiary/aromatic N) is 4. The molecule has 144 valence electrons. The summed E-state index contributed by atoms with van der Waals surface area (Å²) in [5.41, 5.74) is 2.33. The van der Waals surface area contributed by atoms with E-state index in [1.807, 2.05) is 0 Å². The lowest BCUT2D eigenvalue weighted by molar-refractivity contribution is 0.230. The number of nitrogens with one attached hydrogen (secondary N) is 2. The Balaban J connectivity index is 1.74. The number of hydrogen-bond donors (Lipinski definition) is 2. The van der Waals surface area contributed by atoms with Gasteiger partial charge in [-0.2, -0.15) is 10.2 Å². The fourth-order valence-corrected chi connectivity index (χ4v) is 4.46. The summed E-state index contributed by atoms with van der Waals surface area (Å²) in [5, 5.41) is 14.5. The van der Waals surface area contributed by atoms with Crippen LogP contribution in [0.5, 0.6) is 0 Å². The highest BCUT2D eigenvalue weighted by Gasteiger charge is 2.44. The van der Waals surface area contributed by atoms with E-state index in [9.17, 15) is 13.6 Å². The smallest absolute Gasteiger partial charge is 0.267 e. The van der Waals surface area contributed by atoms with Crippen LogP contribution in [-0.4, -0.2) is 31.1 Å². The largest absolute Gasteiger partial charge is 0.302 e. The van der Waals surface area contributed by atoms with Gasteiger partial charge in [0.05, 0.1) is 11.6 Å². The zero-order valence-electron chi connectivity index (χ0n) is 15.1. The molecular formula is C19H18F2N6O. The van der Waals surface area contributed by atoms with Crippen LogP contribution in [0.3, 0.4) is 0 Å². The van der Waals surface area contributed by atoms with Gasteiger partial charge in [0.1, 0.15) is 24.1 Å². The molecule has 2 unspecified atom stereocenters. The van der Waals surface area contributed by atoms with Gasteiger partial charge in [0, 0.05) is 36.7 Å². The predicted molar refractivity (Wildman–Crippen MR) is 95.9 cm³/mol. The first-order valence-electron chi connectivity index (χ1n) is 9.13. The summed E-state index contributed by atoms with van der Waals surface area (Å²) in [6.45, 7) is 0. The fraction of sp³-hybridized carbons (Fsp3) is 0.368. The summed E-state index contributed by atoms with van der Waals surface area (Å²) in [6.07, 6.45) is 0.680. The number of aromatic amines is 1. The predicted octanol–water partition coefficient (Wildman–Crippen LogP) is 1.84. The van der Waals surface area contributed by atoms with Crippen molar-refractivity contribution in [1.82, 2.24) is 30.3 Å². The van der Waals surface area contributed by atoms with E-state index in [4.69, 9.17) is 0 Å². The Morgan fingerprint density at radius 2 is 2.04 bits per heavy atom. The third-order valence-electron chi connectivity index (χ3n) is 5.68. The zero-order chi connectivity index (χ0) is 19.4. The maximum atomic E-state index is 14.4. The van der Waals surface area contributed by atoms with Crippen molar-refractivity contribution >= 4 is 0 Å². The van der Waals surface area contributed by atoms with Gasteiger partial charge in [-0.05, 0) is 24.1 Å². The summed E-state index contributed by atoms with van der Waals surface area (Å²) in [7, 11) is 1.78. The monoisotopic (exact) mass is 384 g/mol. The van der Waals surface area contributed by atoms with E-state index in [-0.39, 0.29) is 42.2 Å². The number of aromatic nitrogens is 5. The Morgan fingerprint density at radius 1 is 1.25 bits per heavy atom. The average molecular weight is 384 g/mol. The topological polar surface area (TPSA) is 88.5 Å². The van der Waals surface area contributed by atoms with Gasteiger partial charge in [0.15, 0.2) is 0 Å². The van der Waals surface area contributed by atoms with Crippen LogP contribution < -0.4 is 10.9 Å². The molecule has 9 heteroatoms. The van der Waals surface area contributed by atoms with Crippen LogP contribution in [0.1, 0.15) is 52.6 Å². The van der Waals surface area contributed by atoms with Crippen molar-refractivity contribution in [2.75, 3.05) is 0 Å². The Labute approximate surface area is 158 Å². The number of alkyl halides is 1. The van der Waals surface area contributed by atoms with Crippen molar-refractivity contribution in [3.63, 3.8) is 0 Å². The molecule has 0 radical (unpaired) electrons. The van der Waals surface area contributed by atoms with E-state index < -0.39 is 6.17 Å². The highest BCUT2D eigenvalue weighted by atomic mass is 19.1. The van der Waals surface area contributed by atoms with Gasteiger partial charge >= 0.3 is 0 Å². The van der Waals surface area contributed by atoms with Crippen LogP contribution in [0.15, 0.2) is 35.4 Å². The van der Waals surface area contributed by atoms with E-state index in [1.54, 1.807) is 23.9 Å². The van der Waals surface area contributed by atoms with Gasteiger partial charge in [0.2, 0.25) is 0 Å². The first-order chi connectivity index (χ1) is 13.5. The van der Waals surface area contributed by atoms with E-state index in [0.717, 1.165) is 11.1 Å². The third-order valence-corrected chi connectivity index (χ3v) is 5.68. The number of benzene rings is 1. The molecular weight excluding hydrogens is 366 g/mol. The summed E-state index contributed by atoms with van der Waals surface area (Å²) < 4.78 is 29.5. The molecule has 2 aromatic heterocycles. The Morgan fingerprint density at radius 3 is 2.75 bits per heavy atom. The second-order valence-electron chi connectivity index (χ2n) is 7.34. The third kappa shape index (κ3) is 2.57. The van der Waals surface area contributed by atoms with Crippen LogP contribution in [-0.2, 0) is 13.5 Å². The Hall–Kier alpha value is -2.94. The SMILES string of the molecule is Cn1ncnc1[C@@H]1c2n[nH]c(=O)c3c2C(CC(F)C3)N[C@H]1c1ccc(F)cc1. The van der Waals surface area contributed by atoms with E-state index >= 15 is 0 Å². The van der Waals surface area contributed by atoms with Gasteiger partial charge in [-0.3, -0.25) is 9.48 Å². The number of H-pyrrole nitrogens is 1. The second kappa shape index (κ2) is 6.30. The molecule has 0 bridgehead atoms. The fourth-order valence-electron chi connectivity index (χ4n) is 4.46. The van der Waals surface area contributed by atoms with E-state index in [0.29, 0.717) is 17.1 Å². The van der Waals surface area contributed by atoms with Crippen molar-refractivity contribution in [1.29, 1.82) is 0 Å². The standard InChI is InChI=1S/C19H18F2N6O/c1-27-18(22-8-23-27)15-16(9-2-4-10(20)5-3-9)24-13-7-11(21)6-12-14(13)17(15)25-26-19(12)28/h2-5,8,11,13,15-16,24H,6-7H2,1H3,(H,26,28)/t11?,13?,15-,16-/m0/s1. The molecule has 0 spiro atoms. The van der Waals surface area contributed by atoms with Crippen molar-refractivity contribution in [3.8, 4) is 0 Å². The molecule has 0 fully saturated rings. The molecule has 2 aliphatic rings. The van der Waals surface area contributed by atoms with Crippen molar-refractivity contribution in [3.05, 3.63) is 75.0 Å². The van der Waals surface area contributed by atoms with Gasteiger partial charge in [0.25, 0.3) is 5.56 Å². The minimum absolute atomic E-state index is 0.0745. The molecule has 4 atom stereocenters. The number of halogens is 2. The van der Waals surface area contributed by atoms with E-state index in [1.165, 1.54) is 18.5 Å². The molecule has 7 nitrogen and oxygen atoms in total. The molecule has 3 aromatic rings. The average Bonchev–Trinajstić information content (AvgIpc) is 3.10. The first kappa shape index (κ1) is 17.2. The molecule has 3 heterocycles. The molecule has 0 amide bonds. The molecule has 2 N–H and O–H groups in total. The molecule has 5 rings (SSSR count). The van der Waals surface area contributed by atoms with Crippen molar-refractivity contribution < 1.29 is 8.78 Å². The number of aryl methyl sites for hydroxylation is 1. The van der Waals surface area contributed by atoms with Crippen molar-refractivity contribution in [2.24, 2.45) is 7.05 Å². The summed E-state index contributed by atoms with van der Waals surface area (Å²) in [5.74, 6) is -0.0400. The minimum atomic E-state index is -1.11. The minimum Gasteiger partial charge on any atom is -0.302 e. The summed E-state index contributed by atoms with van der Waals surface area (Å²) >= 11 is 0. The quantitative estimate of drug-likeness (QED) is 0.704. The van der Waals surface area contributed by atoms with Crippen LogP contribution in [0, 0.1) is 5.82 Å². The summed E-state index contributed by atoms with van der Waals surface area (Å²) in [6, 6.07) is 5.52. The van der Waals surface area contributed by atoms with E-state index in [2.05, 4.69) is 25.6 Å². The molecule has 1 aromatic carbocycles. The molecule has 28 heavy (non-hydrogen) atoms. The normalized spacial score (nSPS) is 26.1. The zero-order valence-corrected chi connectivity index (χ0v) is 15.1. The maximum Gasteiger partial charge on any atom is 0.267 e. The molecule has 1 aliphatic carbocycles. The molecule has 0 saturated carbocycles. The highest BCUT2D eigenvalue weighted by molar-refractivity contribution is 5.44. The highest BCUT2D eigenvalue weighted by Crippen LogP contribution is 2.46. The van der Waals surface area contributed by atoms with Gasteiger partial charge < -0.3 is 5.32 Å². The first-order valence-corrected chi connectivity index (χ1v) is 9.13. The van der Waals surface area contributed by atoms with Gasteiger partial charge in [-0.25, -0.2) is 18.9 Å². The Kier molecular flexibility index (Phi) is 3.87. The van der Waals surface area contributed by atoms with Crippen LogP contribution in [0.25, 0.3) is 0 Å². The molecule has 1 aliphatic heterocycles. The number of hydrogen-bond acceptors (Lipinski definition) is 5. The van der Waals surface area contributed by atoms with Gasteiger partial charge in [-0.15, -0.1) is 0 Å². The lowest BCUT2D eigenvalue weighted by Gasteiger charge is -2.41. The van der Waals surface area contributed by atoms with Gasteiger partial charge in [-0.1, -0.05) is 12.1 Å². The Bertz CT molecular complexity index is 1090. The van der Waals surface area contributed by atoms with Crippen LogP contribution in [0.2, 0.25) is 0 Å². The lowest BCUT2D eigenvalue weighted by Crippen LogP contribution is -2.44. The van der Waals surface area contributed by atoms with Crippen LogP contribution in [0.4, 0.5) is 8.78 Å². The second-order valence-corrected chi connectivity index (χ2v) is 7.34. The van der Waals surface area contributed by atoms with Crippen molar-refractivity contribution in [2.45, 2.75) is 37.0 Å². The summed E-state index contributed by atoms with van der Waals surface area (Å²) in [4.78, 5) is 16.7. The number of rotatable bonds is 2. The lowest BCUT2D eigenvalue weighted by atomic mass is 9.75. The maximum absolute atomic E-state index is 14.4. The molecule has 0 saturated heterocycles. The van der Waals surface area contributed by atoms with Crippen LogP contribution >= 0.6 is 0 Å².